The van der Waals surface area contributed by atoms with Crippen molar-refractivity contribution in [2.45, 2.75) is 0 Å². The molecule has 3 aromatic carbocycles. The molecule has 214 valence electrons. The van der Waals surface area contributed by atoms with E-state index < -0.39 is 0 Å². The standard InChI is InChI=1S/C38H20N6O2/c1-3-29-37(41-11-1)23-9-13-39-19-31(23)43(29)21-5-7-33-25(15-21)27-17-36-28(18-35(27)45-33)26-16-22(6-8-34(26)46-36)44-30-4-2-12-42-38(30)24-10-14-40-20-32(24)44/h1-20H. The van der Waals surface area contributed by atoms with E-state index in [2.05, 4.69) is 77.6 Å². The van der Waals surface area contributed by atoms with Crippen molar-refractivity contribution in [2.75, 3.05) is 0 Å². The fourth-order valence-electron chi connectivity index (χ4n) is 7.21. The average molecular weight is 593 g/mol. The average Bonchev–Trinajstić information content (AvgIpc) is 3.84. The lowest BCUT2D eigenvalue weighted by molar-refractivity contribution is 0.664. The minimum Gasteiger partial charge on any atom is -0.456 e. The lowest BCUT2D eigenvalue weighted by Crippen LogP contribution is -1.93. The molecule has 8 heteroatoms. The van der Waals surface area contributed by atoms with Gasteiger partial charge in [-0.3, -0.25) is 19.9 Å². The lowest BCUT2D eigenvalue weighted by Gasteiger charge is -2.07. The van der Waals surface area contributed by atoms with Crippen molar-refractivity contribution >= 4 is 87.7 Å². The van der Waals surface area contributed by atoms with Crippen LogP contribution in [0.1, 0.15) is 0 Å². The molecule has 0 saturated carbocycles. The van der Waals surface area contributed by atoms with Gasteiger partial charge in [0.15, 0.2) is 0 Å². The molecule has 0 spiro atoms. The van der Waals surface area contributed by atoms with Crippen LogP contribution in [0.4, 0.5) is 0 Å². The summed E-state index contributed by atoms with van der Waals surface area (Å²) in [6, 6.07) is 29.0. The largest absolute Gasteiger partial charge is 0.456 e. The molecule has 0 unspecified atom stereocenters. The van der Waals surface area contributed by atoms with Gasteiger partial charge >= 0.3 is 0 Å². The molecule has 0 atom stereocenters. The van der Waals surface area contributed by atoms with Crippen molar-refractivity contribution in [3.63, 3.8) is 0 Å². The molecule has 0 aliphatic heterocycles. The van der Waals surface area contributed by atoms with Gasteiger partial charge in [-0.2, -0.15) is 0 Å². The van der Waals surface area contributed by atoms with E-state index in [-0.39, 0.29) is 0 Å². The Bertz CT molecular complexity index is 2740. The van der Waals surface area contributed by atoms with E-state index in [4.69, 9.17) is 8.83 Å². The first-order valence-corrected chi connectivity index (χ1v) is 15.0. The molecular formula is C38H20N6O2. The zero-order valence-corrected chi connectivity index (χ0v) is 24.0. The van der Waals surface area contributed by atoms with Gasteiger partial charge in [-0.25, -0.2) is 0 Å². The molecular weight excluding hydrogens is 572 g/mol. The van der Waals surface area contributed by atoms with Crippen LogP contribution in [0.5, 0.6) is 0 Å². The lowest BCUT2D eigenvalue weighted by atomic mass is 10.1. The second kappa shape index (κ2) is 8.55. The SMILES string of the molecule is c1cnc2c3ccncc3n(-c3ccc4oc5cc6c(cc5c4c3)oc3ccc(-n4c5cnccc5c5ncccc54)cc36)c2c1. The van der Waals surface area contributed by atoms with Crippen LogP contribution in [0, 0.1) is 0 Å². The van der Waals surface area contributed by atoms with E-state index >= 15 is 0 Å². The first-order valence-electron chi connectivity index (χ1n) is 15.0. The molecule has 11 aromatic rings. The topological polar surface area (TPSA) is 87.7 Å². The molecule has 0 aliphatic carbocycles. The minimum atomic E-state index is 0.809. The van der Waals surface area contributed by atoms with Crippen LogP contribution in [-0.4, -0.2) is 29.1 Å². The molecule has 0 fully saturated rings. The van der Waals surface area contributed by atoms with E-state index in [1.54, 1.807) is 0 Å². The van der Waals surface area contributed by atoms with E-state index in [9.17, 15) is 0 Å². The Balaban J connectivity index is 1.13. The second-order valence-corrected chi connectivity index (χ2v) is 11.6. The number of fused-ring (bicyclic) bond motifs is 12. The van der Waals surface area contributed by atoms with E-state index in [1.165, 1.54) is 0 Å². The van der Waals surface area contributed by atoms with Crippen LogP contribution in [-0.2, 0) is 0 Å². The maximum atomic E-state index is 6.45. The van der Waals surface area contributed by atoms with E-state index in [1.807, 2.05) is 73.6 Å². The summed E-state index contributed by atoms with van der Waals surface area (Å²) in [5, 5.41) is 6.17. The summed E-state index contributed by atoms with van der Waals surface area (Å²) in [6.45, 7) is 0. The predicted molar refractivity (Wildman–Crippen MR) is 181 cm³/mol. The van der Waals surface area contributed by atoms with Gasteiger partial charge in [0.2, 0.25) is 0 Å². The number of benzene rings is 3. The van der Waals surface area contributed by atoms with Crippen LogP contribution in [0.25, 0.3) is 99.1 Å². The molecule has 0 aliphatic rings. The molecule has 0 amide bonds. The van der Waals surface area contributed by atoms with Gasteiger partial charge in [0, 0.05) is 68.5 Å². The smallest absolute Gasteiger partial charge is 0.136 e. The monoisotopic (exact) mass is 592 g/mol. The highest BCUT2D eigenvalue weighted by Gasteiger charge is 2.19. The maximum Gasteiger partial charge on any atom is 0.136 e. The van der Waals surface area contributed by atoms with E-state index in [0.29, 0.717) is 0 Å². The Kier molecular flexibility index (Phi) is 4.43. The molecule has 8 nitrogen and oxygen atoms in total. The predicted octanol–water partition coefficient (Wildman–Crippen LogP) is 9.26. The summed E-state index contributed by atoms with van der Waals surface area (Å²) < 4.78 is 17.3. The zero-order valence-electron chi connectivity index (χ0n) is 24.0. The summed E-state index contributed by atoms with van der Waals surface area (Å²) in [4.78, 5) is 18.2. The molecule has 46 heavy (non-hydrogen) atoms. The third-order valence-corrected chi connectivity index (χ3v) is 9.19. The van der Waals surface area contributed by atoms with Crippen LogP contribution < -0.4 is 0 Å². The molecule has 8 aromatic heterocycles. The Morgan fingerprint density at radius 3 is 1.39 bits per heavy atom. The third-order valence-electron chi connectivity index (χ3n) is 9.19. The number of furan rings is 2. The fourth-order valence-corrected chi connectivity index (χ4v) is 7.21. The molecule has 0 N–H and O–H groups in total. The van der Waals surface area contributed by atoms with Crippen molar-refractivity contribution in [3.05, 3.63) is 122 Å². The van der Waals surface area contributed by atoms with Crippen LogP contribution in [0.3, 0.4) is 0 Å². The second-order valence-electron chi connectivity index (χ2n) is 11.6. The van der Waals surface area contributed by atoms with Crippen molar-refractivity contribution in [3.8, 4) is 11.4 Å². The first-order chi connectivity index (χ1) is 22.8. The van der Waals surface area contributed by atoms with Crippen molar-refractivity contribution in [1.82, 2.24) is 29.1 Å². The number of nitrogens with zero attached hydrogens (tertiary/aromatic N) is 6. The number of rotatable bonds is 2. The summed E-state index contributed by atoms with van der Waals surface area (Å²) in [7, 11) is 0. The van der Waals surface area contributed by atoms with Crippen molar-refractivity contribution in [1.29, 1.82) is 0 Å². The van der Waals surface area contributed by atoms with Crippen LogP contribution in [0.2, 0.25) is 0 Å². The van der Waals surface area contributed by atoms with Crippen molar-refractivity contribution in [2.24, 2.45) is 0 Å². The van der Waals surface area contributed by atoms with Gasteiger partial charge in [0.1, 0.15) is 22.3 Å². The zero-order chi connectivity index (χ0) is 29.9. The highest BCUT2D eigenvalue weighted by molar-refractivity contribution is 6.16. The Hall–Kier alpha value is -6.54. The Morgan fingerprint density at radius 1 is 0.413 bits per heavy atom. The number of pyridine rings is 4. The minimum absolute atomic E-state index is 0.809. The highest BCUT2D eigenvalue weighted by atomic mass is 16.3. The number of aromatic nitrogens is 6. The van der Waals surface area contributed by atoms with Gasteiger partial charge in [0.25, 0.3) is 0 Å². The normalized spacial score (nSPS) is 12.3. The van der Waals surface area contributed by atoms with Crippen LogP contribution in [0.15, 0.2) is 131 Å². The molecule has 0 radical (unpaired) electrons. The van der Waals surface area contributed by atoms with Gasteiger partial charge in [-0.1, -0.05) is 0 Å². The Labute approximate surface area is 258 Å². The van der Waals surface area contributed by atoms with Gasteiger partial charge in [0.05, 0.1) is 45.5 Å². The molecule has 11 rings (SSSR count). The Morgan fingerprint density at radius 2 is 0.891 bits per heavy atom. The summed E-state index contributed by atoms with van der Waals surface area (Å²) >= 11 is 0. The summed E-state index contributed by atoms with van der Waals surface area (Å²) in [5.41, 5.74) is 11.3. The molecule has 0 saturated heterocycles. The summed E-state index contributed by atoms with van der Waals surface area (Å²) in [5.74, 6) is 0. The number of hydrogen-bond donors (Lipinski definition) is 0. The first kappa shape index (κ1) is 23.9. The van der Waals surface area contributed by atoms with Gasteiger partial charge in [-0.15, -0.1) is 0 Å². The highest BCUT2D eigenvalue weighted by Crippen LogP contribution is 2.40. The van der Waals surface area contributed by atoms with Crippen molar-refractivity contribution < 1.29 is 8.83 Å². The maximum absolute atomic E-state index is 6.45. The van der Waals surface area contributed by atoms with Gasteiger partial charge < -0.3 is 18.0 Å². The molecule has 8 heterocycles. The molecule has 0 bridgehead atoms. The summed E-state index contributed by atoms with van der Waals surface area (Å²) in [6.07, 6.45) is 11.1. The third kappa shape index (κ3) is 3.07. The van der Waals surface area contributed by atoms with Gasteiger partial charge in [-0.05, 0) is 84.9 Å². The quantitative estimate of drug-likeness (QED) is 0.199. The number of hydrogen-bond acceptors (Lipinski definition) is 6. The van der Waals surface area contributed by atoms with Crippen LogP contribution >= 0.6 is 0 Å². The van der Waals surface area contributed by atoms with E-state index in [0.717, 1.165) is 99.1 Å². The fraction of sp³-hybridized carbons (Fsp3) is 0.